The van der Waals surface area contributed by atoms with Gasteiger partial charge in [-0.25, -0.2) is 0 Å². The molecule has 1 unspecified atom stereocenters. The molecule has 90 valence electrons. The summed E-state index contributed by atoms with van der Waals surface area (Å²) < 4.78 is 0. The van der Waals surface area contributed by atoms with Gasteiger partial charge in [-0.2, -0.15) is 0 Å². The standard InChI is InChI=1S/C13H12Cl2O2/c1-13(17)6-9(4-10(16)7-13)8-2-3-11(14)12(15)5-8/h2-5,17H,6-7H2,1H3. The number of hydrogen-bond acceptors (Lipinski definition) is 2. The zero-order valence-electron chi connectivity index (χ0n) is 9.34. The molecule has 1 atom stereocenters. The monoisotopic (exact) mass is 270 g/mol. The lowest BCUT2D eigenvalue weighted by atomic mass is 9.83. The van der Waals surface area contributed by atoms with Gasteiger partial charge in [0.1, 0.15) is 0 Å². The van der Waals surface area contributed by atoms with Crippen LogP contribution in [-0.4, -0.2) is 16.5 Å². The Balaban J connectivity index is 2.39. The van der Waals surface area contributed by atoms with E-state index in [1.165, 1.54) is 0 Å². The number of rotatable bonds is 1. The number of carbonyl (C=O) groups excluding carboxylic acids is 1. The van der Waals surface area contributed by atoms with Crippen molar-refractivity contribution >= 4 is 34.6 Å². The van der Waals surface area contributed by atoms with E-state index in [2.05, 4.69) is 0 Å². The molecule has 0 amide bonds. The van der Waals surface area contributed by atoms with Crippen LogP contribution >= 0.6 is 23.2 Å². The van der Waals surface area contributed by atoms with Gasteiger partial charge in [-0.3, -0.25) is 4.79 Å². The van der Waals surface area contributed by atoms with E-state index in [0.717, 1.165) is 11.1 Å². The summed E-state index contributed by atoms with van der Waals surface area (Å²) in [4.78, 5) is 11.5. The maximum Gasteiger partial charge on any atom is 0.158 e. The third kappa shape index (κ3) is 2.89. The topological polar surface area (TPSA) is 37.3 Å². The van der Waals surface area contributed by atoms with Gasteiger partial charge in [0.25, 0.3) is 0 Å². The molecule has 0 spiro atoms. The number of benzene rings is 1. The van der Waals surface area contributed by atoms with Gasteiger partial charge >= 0.3 is 0 Å². The Morgan fingerprint density at radius 1 is 1.24 bits per heavy atom. The summed E-state index contributed by atoms with van der Waals surface area (Å²) in [5.41, 5.74) is 0.644. The van der Waals surface area contributed by atoms with Crippen molar-refractivity contribution in [3.8, 4) is 0 Å². The van der Waals surface area contributed by atoms with Crippen molar-refractivity contribution in [1.29, 1.82) is 0 Å². The van der Waals surface area contributed by atoms with Gasteiger partial charge in [-0.05, 0) is 36.3 Å². The first-order valence-corrected chi connectivity index (χ1v) is 6.04. The van der Waals surface area contributed by atoms with Crippen molar-refractivity contribution < 1.29 is 9.90 Å². The van der Waals surface area contributed by atoms with Crippen LogP contribution in [0.25, 0.3) is 5.57 Å². The quantitative estimate of drug-likeness (QED) is 0.848. The first-order valence-electron chi connectivity index (χ1n) is 5.29. The van der Waals surface area contributed by atoms with E-state index in [0.29, 0.717) is 16.5 Å². The fourth-order valence-electron chi connectivity index (χ4n) is 2.03. The van der Waals surface area contributed by atoms with Gasteiger partial charge in [0.05, 0.1) is 15.6 Å². The molecule has 2 nitrogen and oxygen atoms in total. The van der Waals surface area contributed by atoms with E-state index < -0.39 is 5.60 Å². The summed E-state index contributed by atoms with van der Waals surface area (Å²) in [6.07, 6.45) is 2.17. The highest BCUT2D eigenvalue weighted by Gasteiger charge is 2.30. The average molecular weight is 271 g/mol. The molecule has 0 saturated heterocycles. The molecule has 1 aliphatic carbocycles. The zero-order valence-corrected chi connectivity index (χ0v) is 10.8. The van der Waals surface area contributed by atoms with Crippen LogP contribution in [0, 0.1) is 0 Å². The molecule has 0 radical (unpaired) electrons. The van der Waals surface area contributed by atoms with Crippen LogP contribution < -0.4 is 0 Å². The average Bonchev–Trinajstić information content (AvgIpc) is 2.19. The summed E-state index contributed by atoms with van der Waals surface area (Å²) in [7, 11) is 0. The lowest BCUT2D eigenvalue weighted by Crippen LogP contribution is -2.30. The highest BCUT2D eigenvalue weighted by atomic mass is 35.5. The lowest BCUT2D eigenvalue weighted by molar-refractivity contribution is -0.119. The van der Waals surface area contributed by atoms with Crippen LogP contribution in [0.1, 0.15) is 25.3 Å². The van der Waals surface area contributed by atoms with Crippen molar-refractivity contribution in [2.24, 2.45) is 0 Å². The third-order valence-electron chi connectivity index (χ3n) is 2.75. The molecule has 0 aromatic heterocycles. The molecule has 0 heterocycles. The molecule has 1 N–H and O–H groups in total. The van der Waals surface area contributed by atoms with Crippen LogP contribution in [-0.2, 0) is 4.79 Å². The Morgan fingerprint density at radius 2 is 1.94 bits per heavy atom. The fourth-order valence-corrected chi connectivity index (χ4v) is 2.32. The SMILES string of the molecule is CC1(O)CC(=O)C=C(c2ccc(Cl)c(Cl)c2)C1. The molecular weight excluding hydrogens is 259 g/mol. The van der Waals surface area contributed by atoms with Crippen molar-refractivity contribution in [3.63, 3.8) is 0 Å². The molecule has 4 heteroatoms. The Morgan fingerprint density at radius 3 is 2.53 bits per heavy atom. The fraction of sp³-hybridized carbons (Fsp3) is 0.308. The predicted molar refractivity (Wildman–Crippen MR) is 69.3 cm³/mol. The molecular formula is C13H12Cl2O2. The van der Waals surface area contributed by atoms with Crippen molar-refractivity contribution in [1.82, 2.24) is 0 Å². The van der Waals surface area contributed by atoms with Crippen LogP contribution in [0.15, 0.2) is 24.3 Å². The van der Waals surface area contributed by atoms with Crippen molar-refractivity contribution in [2.75, 3.05) is 0 Å². The Labute approximate surface area is 110 Å². The Hall–Kier alpha value is -0.830. The molecule has 0 bridgehead atoms. The minimum atomic E-state index is -0.979. The Bertz CT molecular complexity index is 504. The smallest absolute Gasteiger partial charge is 0.158 e. The summed E-state index contributed by atoms with van der Waals surface area (Å²) in [6.45, 7) is 1.66. The second kappa shape index (κ2) is 4.45. The van der Waals surface area contributed by atoms with Gasteiger partial charge in [0.15, 0.2) is 5.78 Å². The van der Waals surface area contributed by atoms with Gasteiger partial charge < -0.3 is 5.11 Å². The first kappa shape index (κ1) is 12.6. The molecule has 0 saturated carbocycles. The van der Waals surface area contributed by atoms with Crippen LogP contribution in [0.2, 0.25) is 10.0 Å². The number of allylic oxidation sites excluding steroid dienone is 1. The normalized spacial score (nSPS) is 24.7. The molecule has 17 heavy (non-hydrogen) atoms. The van der Waals surface area contributed by atoms with Gasteiger partial charge in [0, 0.05) is 12.8 Å². The first-order chi connectivity index (χ1) is 7.87. The molecule has 0 aliphatic heterocycles. The molecule has 1 aromatic rings. The second-order valence-electron chi connectivity index (χ2n) is 4.62. The number of aliphatic hydroxyl groups is 1. The van der Waals surface area contributed by atoms with Crippen molar-refractivity contribution in [3.05, 3.63) is 39.9 Å². The number of carbonyl (C=O) groups is 1. The summed E-state index contributed by atoms with van der Waals surface area (Å²) in [5, 5.41) is 10.9. The van der Waals surface area contributed by atoms with Gasteiger partial charge in [-0.1, -0.05) is 29.3 Å². The maximum atomic E-state index is 11.5. The molecule has 1 aromatic carbocycles. The molecule has 2 rings (SSSR count). The predicted octanol–water partition coefficient (Wildman–Crippen LogP) is 3.49. The van der Waals surface area contributed by atoms with E-state index in [9.17, 15) is 9.90 Å². The van der Waals surface area contributed by atoms with E-state index in [4.69, 9.17) is 23.2 Å². The third-order valence-corrected chi connectivity index (χ3v) is 3.49. The maximum absolute atomic E-state index is 11.5. The largest absolute Gasteiger partial charge is 0.389 e. The minimum absolute atomic E-state index is 0.0673. The Kier molecular flexibility index (Phi) is 3.30. The lowest BCUT2D eigenvalue weighted by Gasteiger charge is -2.27. The summed E-state index contributed by atoms with van der Waals surface area (Å²) in [5.74, 6) is -0.0673. The van der Waals surface area contributed by atoms with E-state index >= 15 is 0 Å². The summed E-state index contributed by atoms with van der Waals surface area (Å²) >= 11 is 11.8. The van der Waals surface area contributed by atoms with E-state index in [-0.39, 0.29) is 12.2 Å². The highest BCUT2D eigenvalue weighted by molar-refractivity contribution is 6.42. The van der Waals surface area contributed by atoms with Gasteiger partial charge in [-0.15, -0.1) is 0 Å². The van der Waals surface area contributed by atoms with Crippen LogP contribution in [0.5, 0.6) is 0 Å². The van der Waals surface area contributed by atoms with Gasteiger partial charge in [0.2, 0.25) is 0 Å². The van der Waals surface area contributed by atoms with Crippen molar-refractivity contribution in [2.45, 2.75) is 25.4 Å². The van der Waals surface area contributed by atoms with E-state index in [1.54, 1.807) is 31.2 Å². The highest BCUT2D eigenvalue weighted by Crippen LogP contribution is 2.34. The van der Waals surface area contributed by atoms with Crippen LogP contribution in [0.3, 0.4) is 0 Å². The second-order valence-corrected chi connectivity index (χ2v) is 5.43. The number of ketones is 1. The zero-order chi connectivity index (χ0) is 12.6. The number of halogens is 2. The minimum Gasteiger partial charge on any atom is -0.389 e. The van der Waals surface area contributed by atoms with E-state index in [1.807, 2.05) is 0 Å². The molecule has 1 aliphatic rings. The summed E-state index contributed by atoms with van der Waals surface area (Å²) in [6, 6.07) is 5.20. The van der Waals surface area contributed by atoms with Crippen LogP contribution in [0.4, 0.5) is 0 Å². The molecule has 0 fully saturated rings. The number of hydrogen-bond donors (Lipinski definition) is 1.